The van der Waals surface area contributed by atoms with Gasteiger partial charge in [0.25, 0.3) is 5.88 Å². The number of hydrogen-bond donors (Lipinski definition) is 1. The van der Waals surface area contributed by atoms with Crippen molar-refractivity contribution in [2.45, 2.75) is 38.5 Å². The van der Waals surface area contributed by atoms with Crippen molar-refractivity contribution < 1.29 is 4.74 Å². The average Bonchev–Trinajstić information content (AvgIpc) is 3.14. The van der Waals surface area contributed by atoms with Crippen LogP contribution >= 0.6 is 0 Å². The van der Waals surface area contributed by atoms with Crippen LogP contribution in [0.4, 0.5) is 5.69 Å². The number of pyridine rings is 1. The summed E-state index contributed by atoms with van der Waals surface area (Å²) in [5.41, 5.74) is 10.6. The molecule has 2 aromatic rings. The minimum atomic E-state index is 0.595. The van der Waals surface area contributed by atoms with Crippen molar-refractivity contribution >= 4 is 11.2 Å². The summed E-state index contributed by atoms with van der Waals surface area (Å²) in [6.45, 7) is 4.01. The molecule has 0 radical (unpaired) electrons. The Kier molecular flexibility index (Phi) is 3.66. The first-order valence-corrected chi connectivity index (χ1v) is 8.47. The Morgan fingerprint density at radius 3 is 2.82 bits per heavy atom. The van der Waals surface area contributed by atoms with E-state index in [1.807, 2.05) is 4.52 Å². The molecule has 0 bridgehead atoms. The highest BCUT2D eigenvalue weighted by atomic mass is 16.5. The minimum absolute atomic E-state index is 0.595. The average molecular weight is 300 g/mol. The number of hydrogen-bond acceptors (Lipinski definition) is 4. The van der Waals surface area contributed by atoms with E-state index in [1.54, 1.807) is 0 Å². The van der Waals surface area contributed by atoms with Crippen LogP contribution in [0.2, 0.25) is 0 Å². The van der Waals surface area contributed by atoms with Crippen molar-refractivity contribution in [2.75, 3.05) is 32.0 Å². The molecule has 0 aromatic carbocycles. The molecule has 0 amide bonds. The Balaban J connectivity index is 1.48. The molecule has 2 N–H and O–H groups in total. The summed E-state index contributed by atoms with van der Waals surface area (Å²) in [5.74, 6) is 0.595. The molecule has 3 heterocycles. The summed E-state index contributed by atoms with van der Waals surface area (Å²) >= 11 is 0. The van der Waals surface area contributed by atoms with Gasteiger partial charge in [0.2, 0.25) is 0 Å². The molecule has 0 saturated carbocycles. The van der Waals surface area contributed by atoms with Gasteiger partial charge in [0.1, 0.15) is 12.3 Å². The Morgan fingerprint density at radius 2 is 1.95 bits per heavy atom. The number of likely N-dealkylation sites (tertiary alicyclic amines) is 1. The van der Waals surface area contributed by atoms with E-state index in [0.29, 0.717) is 18.2 Å². The van der Waals surface area contributed by atoms with E-state index in [-0.39, 0.29) is 0 Å². The van der Waals surface area contributed by atoms with E-state index in [9.17, 15) is 0 Å². The summed E-state index contributed by atoms with van der Waals surface area (Å²) in [5, 5.41) is 4.62. The fourth-order valence-electron chi connectivity index (χ4n) is 3.70. The Bertz CT molecular complexity index is 673. The third-order valence-electron chi connectivity index (χ3n) is 4.95. The molecule has 2 aliphatic rings. The van der Waals surface area contributed by atoms with Crippen molar-refractivity contribution in [1.82, 2.24) is 14.5 Å². The van der Waals surface area contributed by atoms with E-state index in [2.05, 4.69) is 22.1 Å². The van der Waals surface area contributed by atoms with Gasteiger partial charge >= 0.3 is 0 Å². The number of aryl methyl sites for hydroxylation is 2. The number of ether oxygens (including phenoxy) is 1. The molecule has 5 nitrogen and oxygen atoms in total. The quantitative estimate of drug-likeness (QED) is 0.941. The van der Waals surface area contributed by atoms with Gasteiger partial charge in [-0.1, -0.05) is 12.5 Å². The Labute approximate surface area is 131 Å². The lowest BCUT2D eigenvalue weighted by atomic mass is 10.1. The summed E-state index contributed by atoms with van der Waals surface area (Å²) in [6, 6.07) is 4.26. The molecule has 0 unspecified atom stereocenters. The molecule has 4 rings (SSSR count). The summed E-state index contributed by atoms with van der Waals surface area (Å²) < 4.78 is 7.88. The fraction of sp³-hybridized carbons (Fsp3) is 0.588. The first kappa shape index (κ1) is 13.9. The van der Waals surface area contributed by atoms with Gasteiger partial charge in [-0.05, 0) is 56.8 Å². The molecule has 5 heteroatoms. The van der Waals surface area contributed by atoms with Gasteiger partial charge in [-0.3, -0.25) is 4.90 Å². The lowest BCUT2D eigenvalue weighted by Gasteiger charge is -2.25. The first-order chi connectivity index (χ1) is 10.8. The van der Waals surface area contributed by atoms with E-state index in [1.165, 1.54) is 50.0 Å². The Hall–Kier alpha value is -1.75. The van der Waals surface area contributed by atoms with Crippen molar-refractivity contribution in [2.24, 2.45) is 0 Å². The summed E-state index contributed by atoms with van der Waals surface area (Å²) in [7, 11) is 0. The summed E-state index contributed by atoms with van der Waals surface area (Å²) in [6.07, 6.45) is 7.42. The molecule has 1 aliphatic carbocycles. The third-order valence-corrected chi connectivity index (χ3v) is 4.95. The molecule has 118 valence electrons. The molecule has 2 aromatic heterocycles. The highest BCUT2D eigenvalue weighted by Gasteiger charge is 2.19. The van der Waals surface area contributed by atoms with Crippen LogP contribution in [0.5, 0.6) is 5.88 Å². The van der Waals surface area contributed by atoms with Gasteiger partial charge in [0.15, 0.2) is 0 Å². The van der Waals surface area contributed by atoms with Gasteiger partial charge in [0, 0.05) is 12.2 Å². The predicted octanol–water partition coefficient (Wildman–Crippen LogP) is 2.27. The van der Waals surface area contributed by atoms with Crippen molar-refractivity contribution in [3.63, 3.8) is 0 Å². The van der Waals surface area contributed by atoms with Crippen molar-refractivity contribution in [3.8, 4) is 5.88 Å². The van der Waals surface area contributed by atoms with E-state index >= 15 is 0 Å². The zero-order valence-electron chi connectivity index (χ0n) is 13.1. The number of anilines is 1. The number of fused-ring (bicyclic) bond motifs is 3. The SMILES string of the molecule is Nc1c(OCCN2CCCCC2)nn2c3c(ccc12)CCC3. The molecule has 1 fully saturated rings. The molecule has 1 aliphatic heterocycles. The molecule has 22 heavy (non-hydrogen) atoms. The molecule has 0 atom stereocenters. The Morgan fingerprint density at radius 1 is 1.09 bits per heavy atom. The van der Waals surface area contributed by atoms with Gasteiger partial charge in [-0.2, -0.15) is 0 Å². The monoisotopic (exact) mass is 300 g/mol. The van der Waals surface area contributed by atoms with Crippen LogP contribution in [-0.2, 0) is 12.8 Å². The van der Waals surface area contributed by atoms with Gasteiger partial charge in [0.05, 0.1) is 5.52 Å². The van der Waals surface area contributed by atoms with Gasteiger partial charge in [-0.15, -0.1) is 5.10 Å². The lowest BCUT2D eigenvalue weighted by Crippen LogP contribution is -2.33. The highest BCUT2D eigenvalue weighted by molar-refractivity contribution is 5.75. The second-order valence-corrected chi connectivity index (χ2v) is 6.43. The number of aromatic nitrogens is 2. The molecule has 1 saturated heterocycles. The fourth-order valence-corrected chi connectivity index (χ4v) is 3.70. The number of piperidine rings is 1. The van der Waals surface area contributed by atoms with Gasteiger partial charge in [-0.25, -0.2) is 4.52 Å². The van der Waals surface area contributed by atoms with E-state index in [4.69, 9.17) is 10.5 Å². The number of nitrogens with two attached hydrogens (primary N) is 1. The van der Waals surface area contributed by atoms with Crippen molar-refractivity contribution in [3.05, 3.63) is 23.4 Å². The molecular formula is C17H24N4O. The number of rotatable bonds is 4. The summed E-state index contributed by atoms with van der Waals surface area (Å²) in [4.78, 5) is 2.47. The second-order valence-electron chi connectivity index (χ2n) is 6.43. The maximum atomic E-state index is 6.23. The largest absolute Gasteiger partial charge is 0.474 e. The normalized spacial score (nSPS) is 18.7. The lowest BCUT2D eigenvalue weighted by molar-refractivity contribution is 0.180. The van der Waals surface area contributed by atoms with E-state index in [0.717, 1.165) is 24.9 Å². The van der Waals surface area contributed by atoms with Crippen molar-refractivity contribution in [1.29, 1.82) is 0 Å². The van der Waals surface area contributed by atoms with E-state index < -0.39 is 0 Å². The number of nitrogens with zero attached hydrogens (tertiary/aromatic N) is 3. The van der Waals surface area contributed by atoms with Crippen LogP contribution in [0.3, 0.4) is 0 Å². The predicted molar refractivity (Wildman–Crippen MR) is 87.4 cm³/mol. The van der Waals surface area contributed by atoms with Crippen LogP contribution in [-0.4, -0.2) is 40.8 Å². The van der Waals surface area contributed by atoms with Crippen LogP contribution in [0.1, 0.15) is 36.9 Å². The smallest absolute Gasteiger partial charge is 0.257 e. The topological polar surface area (TPSA) is 55.8 Å². The van der Waals surface area contributed by atoms with Crippen LogP contribution < -0.4 is 10.5 Å². The van der Waals surface area contributed by atoms with Gasteiger partial charge < -0.3 is 10.5 Å². The van der Waals surface area contributed by atoms with Crippen LogP contribution in [0.15, 0.2) is 12.1 Å². The minimum Gasteiger partial charge on any atom is -0.474 e. The number of nitrogen functional groups attached to an aromatic ring is 1. The standard InChI is InChI=1S/C17H24N4O/c18-16-15-8-7-13-5-4-6-14(13)21(15)19-17(16)22-12-11-20-9-2-1-3-10-20/h7-8H,1-6,9-12,18H2. The third kappa shape index (κ3) is 2.43. The maximum Gasteiger partial charge on any atom is 0.257 e. The highest BCUT2D eigenvalue weighted by Crippen LogP contribution is 2.30. The zero-order valence-corrected chi connectivity index (χ0v) is 13.1. The zero-order chi connectivity index (χ0) is 14.9. The molecular weight excluding hydrogens is 276 g/mol. The molecule has 0 spiro atoms. The first-order valence-electron chi connectivity index (χ1n) is 8.47. The van der Waals surface area contributed by atoms with Crippen LogP contribution in [0.25, 0.3) is 5.52 Å². The second kappa shape index (κ2) is 5.80. The maximum absolute atomic E-state index is 6.23. The van der Waals surface area contributed by atoms with Crippen LogP contribution in [0, 0.1) is 0 Å².